The lowest BCUT2D eigenvalue weighted by Crippen LogP contribution is -2.26. The van der Waals surface area contributed by atoms with Crippen molar-refractivity contribution in [2.45, 2.75) is 32.0 Å². The zero-order chi connectivity index (χ0) is 13.1. The van der Waals surface area contributed by atoms with Crippen LogP contribution in [0.15, 0.2) is 22.7 Å². The van der Waals surface area contributed by atoms with Gasteiger partial charge in [-0.25, -0.2) is 0 Å². The molecule has 1 unspecified atom stereocenters. The predicted molar refractivity (Wildman–Crippen MR) is 66.0 cm³/mol. The van der Waals surface area contributed by atoms with Crippen LogP contribution in [0.25, 0.3) is 0 Å². The highest BCUT2D eigenvalue weighted by molar-refractivity contribution is 9.10. The summed E-state index contributed by atoms with van der Waals surface area (Å²) < 4.78 is 37.9. The van der Waals surface area contributed by atoms with E-state index in [0.29, 0.717) is 10.9 Å². The Labute approximate surface area is 108 Å². The van der Waals surface area contributed by atoms with Crippen molar-refractivity contribution in [1.29, 1.82) is 0 Å². The van der Waals surface area contributed by atoms with E-state index in [4.69, 9.17) is 0 Å². The van der Waals surface area contributed by atoms with Crippen LogP contribution < -0.4 is 5.32 Å². The molecule has 1 rings (SSSR count). The minimum absolute atomic E-state index is 0.281. The van der Waals surface area contributed by atoms with Crippen molar-refractivity contribution >= 4 is 15.9 Å². The predicted octanol–water partition coefficient (Wildman–Crippen LogP) is 4.01. The Morgan fingerprint density at radius 3 is 2.41 bits per heavy atom. The topological polar surface area (TPSA) is 12.0 Å². The minimum Gasteiger partial charge on any atom is -0.317 e. The number of hydrogen-bond acceptors (Lipinski definition) is 1. The van der Waals surface area contributed by atoms with Crippen molar-refractivity contribution in [3.8, 4) is 0 Å². The van der Waals surface area contributed by atoms with E-state index in [2.05, 4.69) is 21.2 Å². The van der Waals surface area contributed by atoms with Crippen LogP contribution in [0.5, 0.6) is 0 Å². The van der Waals surface area contributed by atoms with E-state index in [1.165, 1.54) is 6.07 Å². The highest BCUT2D eigenvalue weighted by atomic mass is 79.9. The summed E-state index contributed by atoms with van der Waals surface area (Å²) in [7, 11) is 1.85. The number of halogens is 4. The highest BCUT2D eigenvalue weighted by Crippen LogP contribution is 2.32. The van der Waals surface area contributed by atoms with E-state index in [0.717, 1.165) is 24.1 Å². The molecule has 5 heteroatoms. The second-order valence-corrected chi connectivity index (χ2v) is 4.76. The summed E-state index contributed by atoms with van der Waals surface area (Å²) in [6.45, 7) is 2.04. The van der Waals surface area contributed by atoms with Gasteiger partial charge in [-0.3, -0.25) is 0 Å². The maximum Gasteiger partial charge on any atom is 0.416 e. The quantitative estimate of drug-likeness (QED) is 0.886. The fourth-order valence-electron chi connectivity index (χ4n) is 1.61. The lowest BCUT2D eigenvalue weighted by molar-refractivity contribution is -0.137. The average molecular weight is 310 g/mol. The van der Waals surface area contributed by atoms with Crippen molar-refractivity contribution in [2.24, 2.45) is 0 Å². The Bertz CT molecular complexity index is 373. The molecule has 0 aliphatic heterocycles. The first-order chi connectivity index (χ1) is 7.88. The monoisotopic (exact) mass is 309 g/mol. The minimum atomic E-state index is -4.28. The van der Waals surface area contributed by atoms with Gasteiger partial charge in [0.1, 0.15) is 0 Å². The number of rotatable bonds is 4. The summed E-state index contributed by atoms with van der Waals surface area (Å²) in [5.74, 6) is 0. The first kappa shape index (κ1) is 14.5. The summed E-state index contributed by atoms with van der Waals surface area (Å²) in [5, 5.41) is 3.13. The van der Waals surface area contributed by atoms with E-state index < -0.39 is 11.7 Å². The first-order valence-electron chi connectivity index (χ1n) is 5.41. The van der Waals surface area contributed by atoms with Gasteiger partial charge in [-0.2, -0.15) is 13.2 Å². The van der Waals surface area contributed by atoms with Crippen LogP contribution in [0.4, 0.5) is 13.2 Å². The van der Waals surface area contributed by atoms with E-state index >= 15 is 0 Å². The molecule has 1 N–H and O–H groups in total. The maximum atomic E-state index is 12.5. The fraction of sp³-hybridized carbons (Fsp3) is 0.500. The number of nitrogens with one attached hydrogen (secondary N) is 1. The summed E-state index contributed by atoms with van der Waals surface area (Å²) in [4.78, 5) is 0. The molecule has 0 bridgehead atoms. The average Bonchev–Trinajstić information content (AvgIpc) is 2.26. The summed E-state index contributed by atoms with van der Waals surface area (Å²) in [6, 6.07) is 4.08. The van der Waals surface area contributed by atoms with Crippen LogP contribution in [-0.4, -0.2) is 13.1 Å². The van der Waals surface area contributed by atoms with Crippen molar-refractivity contribution in [3.63, 3.8) is 0 Å². The van der Waals surface area contributed by atoms with Crippen LogP contribution in [0.2, 0.25) is 0 Å². The van der Waals surface area contributed by atoms with Gasteiger partial charge in [0.2, 0.25) is 0 Å². The largest absolute Gasteiger partial charge is 0.416 e. The molecule has 1 aromatic rings. The number of benzene rings is 1. The number of hydrogen-bond donors (Lipinski definition) is 1. The lowest BCUT2D eigenvalue weighted by Gasteiger charge is -2.16. The van der Waals surface area contributed by atoms with E-state index in [1.54, 1.807) is 0 Å². The van der Waals surface area contributed by atoms with Gasteiger partial charge in [-0.1, -0.05) is 28.9 Å². The Morgan fingerprint density at radius 1 is 1.35 bits per heavy atom. The third kappa shape index (κ3) is 4.00. The van der Waals surface area contributed by atoms with Crippen molar-refractivity contribution in [2.75, 3.05) is 7.05 Å². The first-order valence-corrected chi connectivity index (χ1v) is 6.20. The molecule has 0 fully saturated rings. The zero-order valence-electron chi connectivity index (χ0n) is 9.74. The molecule has 0 aliphatic carbocycles. The van der Waals surface area contributed by atoms with Gasteiger partial charge in [-0.05, 0) is 37.6 Å². The Morgan fingerprint density at radius 2 is 2.00 bits per heavy atom. The van der Waals surface area contributed by atoms with E-state index in [1.807, 2.05) is 14.0 Å². The fourth-order valence-corrected chi connectivity index (χ4v) is 2.15. The molecule has 0 radical (unpaired) electrons. The molecule has 0 aromatic heterocycles. The van der Waals surface area contributed by atoms with Crippen molar-refractivity contribution < 1.29 is 13.2 Å². The lowest BCUT2D eigenvalue weighted by atomic mass is 10.0. The van der Waals surface area contributed by atoms with E-state index in [9.17, 15) is 13.2 Å². The molecule has 1 atom stereocenters. The molecule has 96 valence electrons. The molecule has 1 aromatic carbocycles. The van der Waals surface area contributed by atoms with Crippen LogP contribution in [0, 0.1) is 0 Å². The third-order valence-corrected chi connectivity index (χ3v) is 3.49. The van der Waals surface area contributed by atoms with Gasteiger partial charge in [0.25, 0.3) is 0 Å². The van der Waals surface area contributed by atoms with Crippen molar-refractivity contribution in [3.05, 3.63) is 33.8 Å². The van der Waals surface area contributed by atoms with E-state index in [-0.39, 0.29) is 6.04 Å². The molecule has 0 aliphatic rings. The van der Waals surface area contributed by atoms with Gasteiger partial charge < -0.3 is 5.32 Å². The highest BCUT2D eigenvalue weighted by Gasteiger charge is 2.30. The third-order valence-electron chi connectivity index (χ3n) is 2.75. The second-order valence-electron chi connectivity index (χ2n) is 3.90. The summed E-state index contributed by atoms with van der Waals surface area (Å²) in [6.07, 6.45) is -2.64. The molecule has 0 amide bonds. The summed E-state index contributed by atoms with van der Waals surface area (Å²) >= 11 is 3.20. The second kappa shape index (κ2) is 5.87. The van der Waals surface area contributed by atoms with Crippen LogP contribution in [0.3, 0.4) is 0 Å². The molecular weight excluding hydrogens is 295 g/mol. The molecule has 0 saturated carbocycles. The number of likely N-dealkylation sites (N-methyl/N-ethyl adjacent to an activating group) is 1. The molecule has 0 saturated heterocycles. The van der Waals surface area contributed by atoms with Crippen LogP contribution in [0.1, 0.15) is 24.5 Å². The normalized spacial score (nSPS) is 13.8. The molecular formula is C12H15BrF3N. The SMILES string of the molecule is CCC(Cc1ccc(C(F)(F)F)cc1Br)NC. The molecule has 1 nitrogen and oxygen atoms in total. The van der Waals surface area contributed by atoms with Crippen molar-refractivity contribution in [1.82, 2.24) is 5.32 Å². The van der Waals surface area contributed by atoms with Crippen LogP contribution in [-0.2, 0) is 12.6 Å². The maximum absolute atomic E-state index is 12.5. The van der Waals surface area contributed by atoms with Gasteiger partial charge in [0, 0.05) is 10.5 Å². The van der Waals surface area contributed by atoms with Gasteiger partial charge >= 0.3 is 6.18 Å². The standard InChI is InChI=1S/C12H15BrF3N/c1-3-10(17-2)6-8-4-5-9(7-11(8)13)12(14,15)16/h4-5,7,10,17H,3,6H2,1-2H3. The molecule has 17 heavy (non-hydrogen) atoms. The number of alkyl halides is 3. The smallest absolute Gasteiger partial charge is 0.317 e. The Kier molecular flexibility index (Phi) is 5.01. The molecule has 0 spiro atoms. The van der Waals surface area contributed by atoms with Crippen LogP contribution >= 0.6 is 15.9 Å². The van der Waals surface area contributed by atoms with Gasteiger partial charge in [0.15, 0.2) is 0 Å². The zero-order valence-corrected chi connectivity index (χ0v) is 11.3. The van der Waals surface area contributed by atoms with Gasteiger partial charge in [0.05, 0.1) is 5.56 Å². The Balaban J connectivity index is 2.90. The Hall–Kier alpha value is -0.550. The van der Waals surface area contributed by atoms with Gasteiger partial charge in [-0.15, -0.1) is 0 Å². The summed E-state index contributed by atoms with van der Waals surface area (Å²) in [5.41, 5.74) is 0.268. The molecule has 0 heterocycles.